The molecule has 0 saturated heterocycles. The number of halogens is 2. The highest BCUT2D eigenvalue weighted by Crippen LogP contribution is 2.23. The van der Waals surface area contributed by atoms with Crippen LogP contribution in [0.3, 0.4) is 0 Å². The van der Waals surface area contributed by atoms with E-state index in [1.54, 1.807) is 25.4 Å². The lowest BCUT2D eigenvalue weighted by atomic mass is 10.2. The van der Waals surface area contributed by atoms with E-state index in [1.165, 1.54) is 17.0 Å². The number of esters is 1. The zero-order valence-corrected chi connectivity index (χ0v) is 15.5. The van der Waals surface area contributed by atoms with Crippen molar-refractivity contribution in [2.75, 3.05) is 13.7 Å². The molecule has 7 heteroatoms. The SMILES string of the molecule is CN(Cc1ccc(F)cc1)C(=O)COC(=O)c1c[nH]c2ccc(Br)cc12. The Morgan fingerprint density at radius 1 is 1.19 bits per heavy atom. The summed E-state index contributed by atoms with van der Waals surface area (Å²) in [5, 5.41) is 0.719. The fourth-order valence-corrected chi connectivity index (χ4v) is 2.89. The number of amides is 1. The monoisotopic (exact) mass is 418 g/mol. The van der Waals surface area contributed by atoms with Gasteiger partial charge in [0.05, 0.1) is 5.56 Å². The van der Waals surface area contributed by atoms with Crippen LogP contribution in [-0.2, 0) is 16.1 Å². The van der Waals surface area contributed by atoms with Gasteiger partial charge in [0.1, 0.15) is 5.82 Å². The van der Waals surface area contributed by atoms with E-state index in [0.29, 0.717) is 12.1 Å². The first kappa shape index (κ1) is 18.1. The maximum absolute atomic E-state index is 12.9. The third-order valence-corrected chi connectivity index (χ3v) is 4.44. The molecule has 1 amide bonds. The number of carbonyl (C=O) groups is 2. The van der Waals surface area contributed by atoms with Crippen LogP contribution in [0.1, 0.15) is 15.9 Å². The van der Waals surface area contributed by atoms with Crippen LogP contribution >= 0.6 is 15.9 Å². The average Bonchev–Trinajstić information content (AvgIpc) is 3.04. The van der Waals surface area contributed by atoms with Crippen molar-refractivity contribution in [2.45, 2.75) is 6.54 Å². The summed E-state index contributed by atoms with van der Waals surface area (Å²) in [7, 11) is 1.60. The molecule has 3 rings (SSSR count). The first-order valence-electron chi connectivity index (χ1n) is 7.86. The second-order valence-corrected chi connectivity index (χ2v) is 6.76. The van der Waals surface area contributed by atoms with Crippen molar-refractivity contribution in [1.82, 2.24) is 9.88 Å². The minimum Gasteiger partial charge on any atom is -0.452 e. The minimum atomic E-state index is -0.571. The lowest BCUT2D eigenvalue weighted by Gasteiger charge is -2.17. The van der Waals surface area contributed by atoms with Crippen LogP contribution in [0, 0.1) is 5.82 Å². The molecule has 3 aromatic rings. The summed E-state index contributed by atoms with van der Waals surface area (Å²) in [6, 6.07) is 11.4. The number of nitrogens with zero attached hydrogens (tertiary/aromatic N) is 1. The Morgan fingerprint density at radius 2 is 1.92 bits per heavy atom. The molecule has 134 valence electrons. The molecule has 5 nitrogen and oxygen atoms in total. The molecule has 0 radical (unpaired) electrons. The molecule has 0 spiro atoms. The molecule has 26 heavy (non-hydrogen) atoms. The van der Waals surface area contributed by atoms with E-state index >= 15 is 0 Å². The molecule has 0 aliphatic heterocycles. The van der Waals surface area contributed by atoms with Gasteiger partial charge in [0.2, 0.25) is 0 Å². The largest absolute Gasteiger partial charge is 0.452 e. The fourth-order valence-electron chi connectivity index (χ4n) is 2.53. The molecule has 1 heterocycles. The maximum Gasteiger partial charge on any atom is 0.340 e. The zero-order valence-electron chi connectivity index (χ0n) is 14.0. The number of H-pyrrole nitrogens is 1. The molecular weight excluding hydrogens is 403 g/mol. The first-order valence-corrected chi connectivity index (χ1v) is 8.65. The number of fused-ring (bicyclic) bond motifs is 1. The Hall–Kier alpha value is -2.67. The van der Waals surface area contributed by atoms with Crippen LogP contribution in [-0.4, -0.2) is 35.4 Å². The molecule has 0 aliphatic carbocycles. The molecule has 1 N–H and O–H groups in total. The van der Waals surface area contributed by atoms with Gasteiger partial charge in [0.15, 0.2) is 6.61 Å². The van der Waals surface area contributed by atoms with Crippen molar-refractivity contribution in [2.24, 2.45) is 0 Å². The molecule has 0 saturated carbocycles. The number of aromatic amines is 1. The maximum atomic E-state index is 12.9. The van der Waals surface area contributed by atoms with Crippen molar-refractivity contribution >= 4 is 38.7 Å². The van der Waals surface area contributed by atoms with Gasteiger partial charge < -0.3 is 14.6 Å². The Labute approximate surface area is 157 Å². The van der Waals surface area contributed by atoms with Gasteiger partial charge in [-0.2, -0.15) is 0 Å². The van der Waals surface area contributed by atoms with Crippen molar-refractivity contribution in [3.8, 4) is 0 Å². The van der Waals surface area contributed by atoms with Crippen LogP contribution in [0.4, 0.5) is 4.39 Å². The number of likely N-dealkylation sites (N-methyl/N-ethyl adjacent to an activating group) is 1. The normalized spacial score (nSPS) is 10.7. The highest BCUT2D eigenvalue weighted by Gasteiger charge is 2.17. The lowest BCUT2D eigenvalue weighted by molar-refractivity contribution is -0.133. The number of nitrogens with one attached hydrogen (secondary N) is 1. The fraction of sp³-hybridized carbons (Fsp3) is 0.158. The van der Waals surface area contributed by atoms with E-state index in [2.05, 4.69) is 20.9 Å². The standard InChI is InChI=1S/C19H16BrFN2O3/c1-23(10-12-2-5-14(21)6-3-12)18(24)11-26-19(25)16-9-22-17-7-4-13(20)8-15(16)17/h2-9,22H,10-11H2,1H3. The van der Waals surface area contributed by atoms with Crippen molar-refractivity contribution in [1.29, 1.82) is 0 Å². The van der Waals surface area contributed by atoms with Crippen LogP contribution < -0.4 is 0 Å². The number of benzene rings is 2. The van der Waals surface area contributed by atoms with E-state index in [-0.39, 0.29) is 18.3 Å². The zero-order chi connectivity index (χ0) is 18.7. The van der Waals surface area contributed by atoms with Gasteiger partial charge in [-0.3, -0.25) is 4.79 Å². The highest BCUT2D eigenvalue weighted by atomic mass is 79.9. The van der Waals surface area contributed by atoms with Gasteiger partial charge in [0.25, 0.3) is 5.91 Å². The summed E-state index contributed by atoms with van der Waals surface area (Å²) in [6.07, 6.45) is 1.56. The smallest absolute Gasteiger partial charge is 0.340 e. The predicted molar refractivity (Wildman–Crippen MR) is 99.2 cm³/mol. The van der Waals surface area contributed by atoms with Crippen LogP contribution in [0.25, 0.3) is 10.9 Å². The Balaban J connectivity index is 1.60. The second-order valence-electron chi connectivity index (χ2n) is 5.84. The first-order chi connectivity index (χ1) is 12.4. The number of carbonyl (C=O) groups excluding carboxylic acids is 2. The van der Waals surface area contributed by atoms with E-state index in [0.717, 1.165) is 20.9 Å². The van der Waals surface area contributed by atoms with Crippen LogP contribution in [0.15, 0.2) is 53.1 Å². The molecule has 2 aromatic carbocycles. The molecule has 0 fully saturated rings. The van der Waals surface area contributed by atoms with Gasteiger partial charge in [-0.05, 0) is 35.9 Å². The number of hydrogen-bond acceptors (Lipinski definition) is 3. The van der Waals surface area contributed by atoms with Crippen LogP contribution in [0.2, 0.25) is 0 Å². The quantitative estimate of drug-likeness (QED) is 0.639. The molecule has 0 unspecified atom stereocenters. The van der Waals surface area contributed by atoms with E-state index in [9.17, 15) is 14.0 Å². The summed E-state index contributed by atoms with van der Waals surface area (Å²) in [4.78, 5) is 28.9. The number of hydrogen-bond donors (Lipinski definition) is 1. The summed E-state index contributed by atoms with van der Waals surface area (Å²) in [5.41, 5.74) is 1.96. The van der Waals surface area contributed by atoms with Gasteiger partial charge in [0, 0.05) is 35.2 Å². The average molecular weight is 419 g/mol. The van der Waals surface area contributed by atoms with Gasteiger partial charge >= 0.3 is 5.97 Å². The number of ether oxygens (including phenoxy) is 1. The van der Waals surface area contributed by atoms with Gasteiger partial charge in [-0.15, -0.1) is 0 Å². The predicted octanol–water partition coefficient (Wildman–Crippen LogP) is 3.88. The Morgan fingerprint density at radius 3 is 2.65 bits per heavy atom. The van der Waals surface area contributed by atoms with E-state index in [4.69, 9.17) is 4.74 Å². The molecule has 0 bridgehead atoms. The lowest BCUT2D eigenvalue weighted by Crippen LogP contribution is -2.30. The van der Waals surface area contributed by atoms with Crippen molar-refractivity contribution in [3.05, 3.63) is 70.1 Å². The molecule has 0 atom stereocenters. The van der Waals surface area contributed by atoms with Gasteiger partial charge in [-0.25, -0.2) is 9.18 Å². The summed E-state index contributed by atoms with van der Waals surface area (Å²) in [5.74, 6) is -1.25. The third kappa shape index (κ3) is 4.11. The second kappa shape index (κ2) is 7.70. The van der Waals surface area contributed by atoms with E-state index < -0.39 is 5.97 Å². The summed E-state index contributed by atoms with van der Waals surface area (Å²) < 4.78 is 18.9. The highest BCUT2D eigenvalue weighted by molar-refractivity contribution is 9.10. The van der Waals surface area contributed by atoms with E-state index in [1.807, 2.05) is 18.2 Å². The summed E-state index contributed by atoms with van der Waals surface area (Å²) in [6.45, 7) is -0.0616. The molecule has 1 aromatic heterocycles. The molecular formula is C19H16BrFN2O3. The summed E-state index contributed by atoms with van der Waals surface area (Å²) >= 11 is 3.37. The minimum absolute atomic E-state index is 0.302. The van der Waals surface area contributed by atoms with Crippen molar-refractivity contribution < 1.29 is 18.7 Å². The van der Waals surface area contributed by atoms with Gasteiger partial charge in [-0.1, -0.05) is 28.1 Å². The van der Waals surface area contributed by atoms with Crippen molar-refractivity contribution in [3.63, 3.8) is 0 Å². The van der Waals surface area contributed by atoms with Crippen LogP contribution in [0.5, 0.6) is 0 Å². The molecule has 0 aliphatic rings. The Bertz CT molecular complexity index is 953. The Kier molecular flexibility index (Phi) is 5.37. The topological polar surface area (TPSA) is 62.4 Å². The number of rotatable bonds is 5. The number of aromatic nitrogens is 1. The third-order valence-electron chi connectivity index (χ3n) is 3.95.